The molecule has 3 aromatic rings. The minimum atomic E-state index is -0.326. The van der Waals surface area contributed by atoms with Crippen LogP contribution in [0.1, 0.15) is 35.5 Å². The van der Waals surface area contributed by atoms with Gasteiger partial charge in [-0.25, -0.2) is 0 Å². The molecule has 0 saturated carbocycles. The molecule has 0 saturated heterocycles. The summed E-state index contributed by atoms with van der Waals surface area (Å²) in [6, 6.07) is 11.1. The van der Waals surface area contributed by atoms with Gasteiger partial charge in [-0.3, -0.25) is 4.79 Å². The van der Waals surface area contributed by atoms with Crippen molar-refractivity contribution in [2.45, 2.75) is 27.7 Å². The molecule has 5 nitrogen and oxygen atoms in total. The molecule has 0 radical (unpaired) electrons. The molecular formula is C22H23Cl2N3O2. The molecule has 1 heterocycles. The maximum Gasteiger partial charge on any atom is 0.261 e. The molecule has 0 unspecified atom stereocenters. The molecule has 0 aliphatic rings. The number of rotatable bonds is 6. The Morgan fingerprint density at radius 1 is 1.10 bits per heavy atom. The summed E-state index contributed by atoms with van der Waals surface area (Å²) in [5, 5.41) is 7.81. The molecular weight excluding hydrogens is 409 g/mol. The normalized spacial score (nSPS) is 10.8. The zero-order chi connectivity index (χ0) is 21.1. The van der Waals surface area contributed by atoms with Crippen molar-refractivity contribution in [3.8, 4) is 11.3 Å². The third-order valence-corrected chi connectivity index (χ3v) is 5.51. The predicted octanol–water partition coefficient (Wildman–Crippen LogP) is 6.36. The second kappa shape index (κ2) is 8.89. The van der Waals surface area contributed by atoms with Crippen LogP contribution < -0.4 is 10.2 Å². The van der Waals surface area contributed by atoms with E-state index in [1.807, 2.05) is 19.1 Å². The minimum Gasteiger partial charge on any atom is -0.372 e. The van der Waals surface area contributed by atoms with Gasteiger partial charge in [-0.15, -0.1) is 0 Å². The first-order valence-corrected chi connectivity index (χ1v) is 10.2. The van der Waals surface area contributed by atoms with Crippen LogP contribution in [0.15, 0.2) is 40.9 Å². The van der Waals surface area contributed by atoms with Crippen molar-refractivity contribution in [1.29, 1.82) is 0 Å². The van der Waals surface area contributed by atoms with Crippen LogP contribution in [-0.2, 0) is 0 Å². The van der Waals surface area contributed by atoms with E-state index in [2.05, 4.69) is 35.3 Å². The smallest absolute Gasteiger partial charge is 0.261 e. The van der Waals surface area contributed by atoms with Crippen molar-refractivity contribution in [2.24, 2.45) is 0 Å². The van der Waals surface area contributed by atoms with Crippen molar-refractivity contribution < 1.29 is 9.32 Å². The first kappa shape index (κ1) is 21.2. The number of hydrogen-bond donors (Lipinski definition) is 1. The zero-order valence-electron chi connectivity index (χ0n) is 16.8. The Balaban J connectivity index is 1.94. The van der Waals surface area contributed by atoms with Gasteiger partial charge < -0.3 is 14.7 Å². The first-order valence-electron chi connectivity index (χ1n) is 9.44. The number of benzene rings is 2. The van der Waals surface area contributed by atoms with Gasteiger partial charge >= 0.3 is 0 Å². The quantitative estimate of drug-likeness (QED) is 0.492. The first-order chi connectivity index (χ1) is 13.9. The minimum absolute atomic E-state index is 0.312. The molecule has 0 atom stereocenters. The highest BCUT2D eigenvalue weighted by molar-refractivity contribution is 6.39. The number of nitrogens with one attached hydrogen (secondary N) is 1. The van der Waals surface area contributed by atoms with Gasteiger partial charge in [0, 0.05) is 30.0 Å². The van der Waals surface area contributed by atoms with Crippen molar-refractivity contribution in [1.82, 2.24) is 5.16 Å². The van der Waals surface area contributed by atoms with Crippen LogP contribution >= 0.6 is 23.2 Å². The number of nitrogens with zero attached hydrogens (tertiary/aromatic N) is 2. The summed E-state index contributed by atoms with van der Waals surface area (Å²) in [5.74, 6) is 0.0688. The second-order valence-electron chi connectivity index (χ2n) is 6.68. The largest absolute Gasteiger partial charge is 0.372 e. The van der Waals surface area contributed by atoms with E-state index in [-0.39, 0.29) is 5.91 Å². The highest BCUT2D eigenvalue weighted by Gasteiger charge is 2.25. The molecule has 7 heteroatoms. The van der Waals surface area contributed by atoms with Gasteiger partial charge in [0.25, 0.3) is 5.91 Å². The molecule has 1 aromatic heterocycles. The van der Waals surface area contributed by atoms with E-state index < -0.39 is 0 Å². The van der Waals surface area contributed by atoms with Gasteiger partial charge in [0.2, 0.25) is 0 Å². The predicted molar refractivity (Wildman–Crippen MR) is 119 cm³/mol. The average Bonchev–Trinajstić information content (AvgIpc) is 3.06. The van der Waals surface area contributed by atoms with Gasteiger partial charge in [-0.05, 0) is 63.6 Å². The molecule has 0 aliphatic carbocycles. The third-order valence-electron chi connectivity index (χ3n) is 4.88. The summed E-state index contributed by atoms with van der Waals surface area (Å²) in [6.45, 7) is 9.73. The number of carbonyl (C=O) groups is 1. The van der Waals surface area contributed by atoms with Gasteiger partial charge in [0.05, 0.1) is 10.0 Å². The van der Waals surface area contributed by atoms with Gasteiger partial charge in [0.1, 0.15) is 17.0 Å². The third kappa shape index (κ3) is 4.26. The van der Waals surface area contributed by atoms with E-state index in [9.17, 15) is 4.79 Å². The Morgan fingerprint density at radius 2 is 1.76 bits per heavy atom. The van der Waals surface area contributed by atoms with Crippen LogP contribution in [0.25, 0.3) is 11.3 Å². The second-order valence-corrected chi connectivity index (χ2v) is 7.50. The highest BCUT2D eigenvalue weighted by atomic mass is 35.5. The van der Waals surface area contributed by atoms with E-state index in [1.165, 1.54) is 0 Å². The lowest BCUT2D eigenvalue weighted by Gasteiger charge is -2.22. The van der Waals surface area contributed by atoms with E-state index in [4.69, 9.17) is 27.7 Å². The molecule has 1 N–H and O–H groups in total. The number of anilines is 2. The fourth-order valence-corrected chi connectivity index (χ4v) is 3.87. The maximum absolute atomic E-state index is 13.1. The molecule has 0 spiro atoms. The number of aromatic nitrogens is 1. The Bertz CT molecular complexity index is 1020. The number of carbonyl (C=O) groups excluding carboxylic acids is 1. The number of amides is 1. The Labute approximate surface area is 180 Å². The number of hydrogen-bond acceptors (Lipinski definition) is 4. The SMILES string of the molecule is CCN(CC)c1ccc(NC(=O)c2c(-c3c(Cl)cccc3Cl)noc2C)c(C)c1. The van der Waals surface area contributed by atoms with Crippen LogP contribution in [0.2, 0.25) is 10.0 Å². The summed E-state index contributed by atoms with van der Waals surface area (Å²) < 4.78 is 5.29. The van der Waals surface area contributed by atoms with Crippen molar-refractivity contribution in [2.75, 3.05) is 23.3 Å². The van der Waals surface area contributed by atoms with E-state index in [0.717, 1.165) is 30.0 Å². The summed E-state index contributed by atoms with van der Waals surface area (Å²) in [4.78, 5) is 15.3. The zero-order valence-corrected chi connectivity index (χ0v) is 18.4. The summed E-state index contributed by atoms with van der Waals surface area (Å²) >= 11 is 12.6. The molecule has 0 bridgehead atoms. The van der Waals surface area contributed by atoms with E-state index in [1.54, 1.807) is 25.1 Å². The number of aryl methyl sites for hydroxylation is 2. The Morgan fingerprint density at radius 3 is 2.34 bits per heavy atom. The molecule has 3 rings (SSSR count). The summed E-state index contributed by atoms with van der Waals surface area (Å²) in [5.41, 5.74) is 3.93. The maximum atomic E-state index is 13.1. The fraction of sp³-hybridized carbons (Fsp3) is 0.273. The van der Waals surface area contributed by atoms with Crippen LogP contribution in [-0.4, -0.2) is 24.2 Å². The molecule has 0 aliphatic heterocycles. The van der Waals surface area contributed by atoms with Crippen molar-refractivity contribution >= 4 is 40.5 Å². The molecule has 0 fully saturated rings. The van der Waals surface area contributed by atoms with Gasteiger partial charge in [-0.1, -0.05) is 34.4 Å². The van der Waals surface area contributed by atoms with Gasteiger partial charge in [0.15, 0.2) is 0 Å². The lowest BCUT2D eigenvalue weighted by atomic mass is 10.0. The molecule has 152 valence electrons. The van der Waals surface area contributed by atoms with Crippen molar-refractivity contribution in [3.05, 3.63) is 63.3 Å². The van der Waals surface area contributed by atoms with Crippen LogP contribution in [0.4, 0.5) is 11.4 Å². The monoisotopic (exact) mass is 431 g/mol. The Hall–Kier alpha value is -2.50. The van der Waals surface area contributed by atoms with Crippen LogP contribution in [0.5, 0.6) is 0 Å². The topological polar surface area (TPSA) is 58.4 Å². The van der Waals surface area contributed by atoms with E-state index >= 15 is 0 Å². The van der Waals surface area contributed by atoms with E-state index in [0.29, 0.717) is 32.6 Å². The fourth-order valence-electron chi connectivity index (χ4n) is 3.29. The van der Waals surface area contributed by atoms with Crippen molar-refractivity contribution in [3.63, 3.8) is 0 Å². The lowest BCUT2D eigenvalue weighted by molar-refractivity contribution is 0.102. The standard InChI is InChI=1S/C22H23Cl2N3O2/c1-5-27(6-2)15-10-11-18(13(3)12-15)25-22(28)19-14(4)29-26-21(19)20-16(23)8-7-9-17(20)24/h7-12H,5-6H2,1-4H3,(H,25,28). The number of halogens is 2. The average molecular weight is 432 g/mol. The van der Waals surface area contributed by atoms with Crippen LogP contribution in [0, 0.1) is 13.8 Å². The molecule has 2 aromatic carbocycles. The lowest BCUT2D eigenvalue weighted by Crippen LogP contribution is -2.22. The highest BCUT2D eigenvalue weighted by Crippen LogP contribution is 2.37. The summed E-state index contributed by atoms with van der Waals surface area (Å²) in [7, 11) is 0. The Kier molecular flexibility index (Phi) is 6.50. The summed E-state index contributed by atoms with van der Waals surface area (Å²) in [6.07, 6.45) is 0. The molecule has 29 heavy (non-hydrogen) atoms. The molecule has 1 amide bonds. The van der Waals surface area contributed by atoms with Crippen LogP contribution in [0.3, 0.4) is 0 Å². The van der Waals surface area contributed by atoms with Gasteiger partial charge in [-0.2, -0.15) is 0 Å².